The number of rotatable bonds is 23. The van der Waals surface area contributed by atoms with Gasteiger partial charge in [-0.15, -0.1) is 0 Å². The smallest absolute Gasteiger partial charge is 0.315 e. The number of ether oxygens (including phenoxy) is 3. The van der Waals surface area contributed by atoms with Crippen molar-refractivity contribution in [3.05, 3.63) is 149 Å². The van der Waals surface area contributed by atoms with E-state index in [1.807, 2.05) is 42.1 Å². The number of carbonyl (C=O) groups is 5. The van der Waals surface area contributed by atoms with Crippen molar-refractivity contribution >= 4 is 47.0 Å². The monoisotopic (exact) mass is 915 g/mol. The molecule has 4 atom stereocenters. The van der Waals surface area contributed by atoms with E-state index in [9.17, 15) is 24.0 Å². The predicted octanol–water partition coefficient (Wildman–Crippen LogP) is 7.40. The second kappa shape index (κ2) is 23.5. The number of amides is 4. The number of ketones is 1. The van der Waals surface area contributed by atoms with Gasteiger partial charge in [0, 0.05) is 46.5 Å². The molecule has 66 heavy (non-hydrogen) atoms. The van der Waals surface area contributed by atoms with Gasteiger partial charge in [0.1, 0.15) is 23.9 Å². The lowest BCUT2D eigenvalue weighted by molar-refractivity contribution is -0.146. The normalized spacial score (nSPS) is 16.6. The number of fused-ring (bicyclic) bond motifs is 1. The van der Waals surface area contributed by atoms with Crippen molar-refractivity contribution in [3.8, 4) is 22.6 Å². The molecule has 5 aromatic carbocycles. The molecule has 2 saturated heterocycles. The van der Waals surface area contributed by atoms with Gasteiger partial charge in [-0.3, -0.25) is 19.2 Å². The number of benzene rings is 5. The molecule has 2 fully saturated rings. The van der Waals surface area contributed by atoms with E-state index in [4.69, 9.17) is 14.2 Å². The van der Waals surface area contributed by atoms with Gasteiger partial charge in [0.15, 0.2) is 19.0 Å². The van der Waals surface area contributed by atoms with E-state index in [0.717, 1.165) is 43.5 Å². The minimum Gasteiger partial charge on any atom is -0.484 e. The Hall–Kier alpha value is -6.71. The first kappa shape index (κ1) is 47.3. The van der Waals surface area contributed by atoms with Crippen LogP contribution in [-0.4, -0.2) is 85.5 Å². The van der Waals surface area contributed by atoms with Crippen LogP contribution in [0.3, 0.4) is 0 Å². The van der Waals surface area contributed by atoms with Crippen molar-refractivity contribution in [2.24, 2.45) is 0 Å². The molecule has 2 aliphatic heterocycles. The number of hydrogen-bond acceptors (Lipinski definition) is 10. The maximum Gasteiger partial charge on any atom is 0.315 e. The Balaban J connectivity index is 0.753. The van der Waals surface area contributed by atoms with E-state index >= 15 is 4.39 Å². The first-order valence-electron chi connectivity index (χ1n) is 22.2. The lowest BCUT2D eigenvalue weighted by Gasteiger charge is -2.16. The number of urea groups is 1. The summed E-state index contributed by atoms with van der Waals surface area (Å²) >= 11 is 1.94. The van der Waals surface area contributed by atoms with Crippen LogP contribution in [-0.2, 0) is 25.7 Å². The summed E-state index contributed by atoms with van der Waals surface area (Å²) in [6, 6.07) is 34.2. The van der Waals surface area contributed by atoms with E-state index in [0.29, 0.717) is 63.3 Å². The van der Waals surface area contributed by atoms with Gasteiger partial charge in [0.2, 0.25) is 0 Å². The van der Waals surface area contributed by atoms with Crippen molar-refractivity contribution in [1.82, 2.24) is 21.3 Å². The highest BCUT2D eigenvalue weighted by Gasteiger charge is 2.42. The topological polar surface area (TPSA) is 173 Å². The summed E-state index contributed by atoms with van der Waals surface area (Å²) in [6.07, 6.45) is 4.39. The zero-order chi connectivity index (χ0) is 46.3. The minimum atomic E-state index is -0.651. The molecular formula is C51H54FN5O8S. The highest BCUT2D eigenvalue weighted by molar-refractivity contribution is 8.00. The summed E-state index contributed by atoms with van der Waals surface area (Å²) in [5, 5.41) is 15.5. The second-order valence-corrected chi connectivity index (χ2v) is 17.5. The van der Waals surface area contributed by atoms with Crippen LogP contribution >= 0.6 is 11.8 Å². The van der Waals surface area contributed by atoms with Crippen molar-refractivity contribution < 1.29 is 42.6 Å². The van der Waals surface area contributed by atoms with E-state index in [2.05, 4.69) is 26.6 Å². The molecule has 15 heteroatoms. The fraction of sp³-hybridized carbons (Fsp3) is 0.314. The van der Waals surface area contributed by atoms with Gasteiger partial charge >= 0.3 is 12.0 Å². The van der Waals surface area contributed by atoms with Crippen LogP contribution in [0, 0.1) is 5.82 Å². The second-order valence-electron chi connectivity index (χ2n) is 16.2. The van der Waals surface area contributed by atoms with Crippen LogP contribution in [0.25, 0.3) is 11.1 Å². The molecule has 1 unspecified atom stereocenters. The molecule has 344 valence electrons. The standard InChI is InChI=1S/C51H54FN5O8S/c1-33(50(61)65-29-34-8-4-2-5-9-34)38-17-24-42(43(52)28-38)35-11-18-39(19-12-35)55-47(59)31-64-41-22-15-37(16-23-41)49(60)36-13-20-40(21-14-36)63-30-46(58)54-27-26-53-25-7-3-6-10-45-48-44(32-66-45)56-51(62)57-48/h2,4-5,8-9,11-24,28,33,44-45,48,53H,3,6-7,10,25-27,29-32H2,1H3,(H,54,58)(H,55,59)(H2,56,57,62)/t33?,44-,45-,48-/m1/s1. The van der Waals surface area contributed by atoms with Crippen LogP contribution < -0.4 is 36.1 Å². The van der Waals surface area contributed by atoms with Crippen LogP contribution in [0.1, 0.15) is 65.6 Å². The SMILES string of the molecule is CC(C(=O)OCc1ccccc1)c1ccc(-c2ccc(NC(=O)COc3ccc(C(=O)c4ccc(OCC(=O)NCCNCCCCC[C@H]5SC[C@H]6NC(=O)N[C@H]65)cc4)cc3)cc2)c(F)c1. The van der Waals surface area contributed by atoms with Gasteiger partial charge in [0.05, 0.1) is 18.0 Å². The van der Waals surface area contributed by atoms with Crippen LogP contribution in [0.5, 0.6) is 11.5 Å². The summed E-state index contributed by atoms with van der Waals surface area (Å²) in [6.45, 7) is 3.41. The Kier molecular flexibility index (Phi) is 16.8. The average molecular weight is 916 g/mol. The molecular weight excluding hydrogens is 862 g/mol. The molecule has 7 rings (SSSR count). The highest BCUT2D eigenvalue weighted by Crippen LogP contribution is 2.33. The summed E-state index contributed by atoms with van der Waals surface area (Å²) in [4.78, 5) is 62.3. The molecule has 0 spiro atoms. The molecule has 2 aliphatic rings. The van der Waals surface area contributed by atoms with Gasteiger partial charge in [-0.25, -0.2) is 9.18 Å². The van der Waals surface area contributed by atoms with Crippen LogP contribution in [0.2, 0.25) is 0 Å². The Morgan fingerprint density at radius 2 is 1.44 bits per heavy atom. The van der Waals surface area contributed by atoms with E-state index in [-0.39, 0.29) is 49.6 Å². The Bertz CT molecular complexity index is 2440. The lowest BCUT2D eigenvalue weighted by Crippen LogP contribution is -2.36. The fourth-order valence-corrected chi connectivity index (χ4v) is 9.25. The molecule has 2 heterocycles. The molecule has 0 aliphatic carbocycles. The third-order valence-corrected chi connectivity index (χ3v) is 12.9. The number of thioether (sulfide) groups is 1. The molecule has 0 radical (unpaired) electrons. The molecule has 0 aromatic heterocycles. The third kappa shape index (κ3) is 13.4. The molecule has 13 nitrogen and oxygen atoms in total. The van der Waals surface area contributed by atoms with E-state index in [1.54, 1.807) is 91.9 Å². The van der Waals surface area contributed by atoms with Crippen molar-refractivity contribution in [2.75, 3.05) is 43.9 Å². The predicted molar refractivity (Wildman–Crippen MR) is 252 cm³/mol. The van der Waals surface area contributed by atoms with Gasteiger partial charge in [-0.05, 0) is 110 Å². The van der Waals surface area contributed by atoms with Gasteiger partial charge in [-0.2, -0.15) is 11.8 Å². The molecule has 4 amide bonds. The Morgan fingerprint density at radius 3 is 2.12 bits per heavy atom. The quantitative estimate of drug-likeness (QED) is 0.0193. The number of unbranched alkanes of at least 4 members (excludes halogenated alkanes) is 2. The Morgan fingerprint density at radius 1 is 0.758 bits per heavy atom. The number of hydrogen-bond donors (Lipinski definition) is 5. The first-order valence-corrected chi connectivity index (χ1v) is 23.2. The summed E-state index contributed by atoms with van der Waals surface area (Å²) < 4.78 is 31.9. The Labute approximate surface area is 387 Å². The number of carbonyl (C=O) groups excluding carboxylic acids is 5. The maximum atomic E-state index is 15.2. The van der Waals surface area contributed by atoms with Crippen LogP contribution in [0.15, 0.2) is 121 Å². The van der Waals surface area contributed by atoms with Crippen molar-refractivity contribution in [3.63, 3.8) is 0 Å². The molecule has 0 saturated carbocycles. The zero-order valence-corrected chi connectivity index (χ0v) is 37.5. The number of nitrogens with one attached hydrogen (secondary N) is 5. The molecule has 5 N–H and O–H groups in total. The van der Waals surface area contributed by atoms with E-state index in [1.165, 1.54) is 6.07 Å². The fourth-order valence-electron chi connectivity index (χ4n) is 7.71. The first-order chi connectivity index (χ1) is 32.1. The number of halogens is 1. The van der Waals surface area contributed by atoms with Gasteiger partial charge in [0.25, 0.3) is 11.8 Å². The van der Waals surface area contributed by atoms with E-state index < -0.39 is 23.6 Å². The summed E-state index contributed by atoms with van der Waals surface area (Å²) in [5.41, 5.74) is 3.67. The van der Waals surface area contributed by atoms with Crippen LogP contribution in [0.4, 0.5) is 14.9 Å². The zero-order valence-electron chi connectivity index (χ0n) is 36.7. The summed E-state index contributed by atoms with van der Waals surface area (Å²) in [5.74, 6) is -0.605. The highest BCUT2D eigenvalue weighted by atomic mass is 32.2. The third-order valence-electron chi connectivity index (χ3n) is 11.4. The number of esters is 1. The maximum absolute atomic E-state index is 15.2. The lowest BCUT2D eigenvalue weighted by atomic mass is 9.97. The summed E-state index contributed by atoms with van der Waals surface area (Å²) in [7, 11) is 0. The average Bonchev–Trinajstić information content (AvgIpc) is 3.90. The van der Waals surface area contributed by atoms with Crippen molar-refractivity contribution in [2.45, 2.75) is 62.5 Å². The van der Waals surface area contributed by atoms with Gasteiger partial charge < -0.3 is 40.8 Å². The molecule has 0 bridgehead atoms. The minimum absolute atomic E-state index is 0.0456. The largest absolute Gasteiger partial charge is 0.484 e. The number of anilines is 1. The van der Waals surface area contributed by atoms with Gasteiger partial charge in [-0.1, -0.05) is 67.4 Å². The van der Waals surface area contributed by atoms with Crippen molar-refractivity contribution in [1.29, 1.82) is 0 Å². The molecule has 5 aromatic rings.